The van der Waals surface area contributed by atoms with Crippen LogP contribution in [0.5, 0.6) is 0 Å². The van der Waals surface area contributed by atoms with Gasteiger partial charge in [-0.15, -0.1) is 0 Å². The molecule has 2 aromatic heterocycles. The van der Waals surface area contributed by atoms with E-state index in [2.05, 4.69) is 15.3 Å². The average molecular weight is 307 g/mol. The predicted molar refractivity (Wildman–Crippen MR) is 76.0 cm³/mol. The molecule has 0 saturated heterocycles. The number of carbonyl (C=O) groups is 1. The molecule has 0 bridgehead atoms. The van der Waals surface area contributed by atoms with Crippen LogP contribution in [0.4, 0.5) is 5.69 Å². The molecule has 108 valence electrons. The zero-order valence-corrected chi connectivity index (χ0v) is 11.8. The van der Waals surface area contributed by atoms with Crippen LogP contribution in [0, 0.1) is 17.0 Å². The lowest BCUT2D eigenvalue weighted by molar-refractivity contribution is -0.385. The number of amides is 1. The van der Waals surface area contributed by atoms with Gasteiger partial charge in [0, 0.05) is 11.8 Å². The summed E-state index contributed by atoms with van der Waals surface area (Å²) in [5.74, 6) is -0.542. The summed E-state index contributed by atoms with van der Waals surface area (Å²) in [7, 11) is 0. The summed E-state index contributed by atoms with van der Waals surface area (Å²) in [5, 5.41) is 13.2. The second-order valence-electron chi connectivity index (χ2n) is 4.24. The van der Waals surface area contributed by atoms with Crippen LogP contribution in [0.1, 0.15) is 21.7 Å². The van der Waals surface area contributed by atoms with Crippen molar-refractivity contribution in [1.29, 1.82) is 0 Å². The topological polar surface area (TPSA) is 98.0 Å². The summed E-state index contributed by atoms with van der Waals surface area (Å²) >= 11 is 5.79. The number of rotatable bonds is 4. The molecular formula is C13H11ClN4O3. The van der Waals surface area contributed by atoms with E-state index in [4.69, 9.17) is 11.6 Å². The van der Waals surface area contributed by atoms with Gasteiger partial charge in [-0.05, 0) is 19.1 Å². The molecule has 2 rings (SSSR count). The van der Waals surface area contributed by atoms with E-state index in [1.165, 1.54) is 0 Å². The molecule has 0 spiro atoms. The summed E-state index contributed by atoms with van der Waals surface area (Å²) in [5.41, 5.74) is 1.17. The highest BCUT2D eigenvalue weighted by Crippen LogP contribution is 2.19. The van der Waals surface area contributed by atoms with Crippen LogP contribution in [0.3, 0.4) is 0 Å². The maximum Gasteiger partial charge on any atom is 0.288 e. The highest BCUT2D eigenvalue weighted by Gasteiger charge is 2.17. The third kappa shape index (κ3) is 3.73. The minimum atomic E-state index is -0.637. The molecule has 2 heterocycles. The standard InChI is InChI=1S/C13H11ClN4O3/c1-8-3-2-4-9(17-8)6-16-13(19)11-5-10(18(20)21)7-15-12(11)14/h2-5,7H,6H2,1H3,(H,16,19). The molecule has 0 fully saturated rings. The molecule has 0 unspecified atom stereocenters. The predicted octanol–water partition coefficient (Wildman–Crippen LogP) is 2.28. The van der Waals surface area contributed by atoms with Gasteiger partial charge in [0.15, 0.2) is 0 Å². The van der Waals surface area contributed by atoms with Crippen molar-refractivity contribution in [3.05, 3.63) is 62.7 Å². The van der Waals surface area contributed by atoms with E-state index in [0.29, 0.717) is 5.69 Å². The molecule has 0 aliphatic heterocycles. The van der Waals surface area contributed by atoms with Gasteiger partial charge in [0.1, 0.15) is 11.3 Å². The Kier molecular flexibility index (Phi) is 4.44. The Morgan fingerprint density at radius 3 is 2.90 bits per heavy atom. The minimum Gasteiger partial charge on any atom is -0.346 e. The van der Waals surface area contributed by atoms with Crippen molar-refractivity contribution in [1.82, 2.24) is 15.3 Å². The van der Waals surface area contributed by atoms with Crippen LogP contribution in [0.25, 0.3) is 0 Å². The van der Waals surface area contributed by atoms with Crippen LogP contribution in [0.15, 0.2) is 30.5 Å². The van der Waals surface area contributed by atoms with E-state index in [1.807, 2.05) is 19.1 Å². The number of hydrogen-bond acceptors (Lipinski definition) is 5. The normalized spacial score (nSPS) is 10.2. The van der Waals surface area contributed by atoms with Gasteiger partial charge in [-0.25, -0.2) is 4.98 Å². The van der Waals surface area contributed by atoms with Crippen molar-refractivity contribution in [3.8, 4) is 0 Å². The molecule has 0 aliphatic carbocycles. The van der Waals surface area contributed by atoms with Gasteiger partial charge in [-0.1, -0.05) is 17.7 Å². The van der Waals surface area contributed by atoms with Gasteiger partial charge in [0.2, 0.25) is 0 Å². The third-order valence-electron chi connectivity index (χ3n) is 2.66. The lowest BCUT2D eigenvalue weighted by Gasteiger charge is -2.06. The SMILES string of the molecule is Cc1cccc(CNC(=O)c2cc([N+](=O)[O-])cnc2Cl)n1. The van der Waals surface area contributed by atoms with Crippen LogP contribution in [-0.2, 0) is 6.54 Å². The van der Waals surface area contributed by atoms with E-state index in [9.17, 15) is 14.9 Å². The smallest absolute Gasteiger partial charge is 0.288 e. The average Bonchev–Trinajstić information content (AvgIpc) is 2.45. The van der Waals surface area contributed by atoms with E-state index in [-0.39, 0.29) is 22.9 Å². The van der Waals surface area contributed by atoms with E-state index in [1.54, 1.807) is 6.07 Å². The summed E-state index contributed by atoms with van der Waals surface area (Å²) in [6.07, 6.45) is 1.00. The minimum absolute atomic E-state index is 0.0430. The molecule has 0 aliphatic rings. The molecule has 2 aromatic rings. The lowest BCUT2D eigenvalue weighted by atomic mass is 10.2. The van der Waals surface area contributed by atoms with Crippen LogP contribution in [-0.4, -0.2) is 20.8 Å². The van der Waals surface area contributed by atoms with Gasteiger partial charge in [0.05, 0.1) is 22.7 Å². The van der Waals surface area contributed by atoms with Gasteiger partial charge < -0.3 is 5.32 Å². The second kappa shape index (κ2) is 6.27. The fourth-order valence-electron chi connectivity index (χ4n) is 1.66. The molecular weight excluding hydrogens is 296 g/mol. The maximum atomic E-state index is 12.0. The Hall–Kier alpha value is -2.54. The first-order valence-electron chi connectivity index (χ1n) is 5.98. The summed E-state index contributed by atoms with van der Waals surface area (Å²) in [6, 6.07) is 6.52. The number of aromatic nitrogens is 2. The maximum absolute atomic E-state index is 12.0. The number of nitro groups is 1. The highest BCUT2D eigenvalue weighted by atomic mass is 35.5. The molecule has 21 heavy (non-hydrogen) atoms. The zero-order valence-electron chi connectivity index (χ0n) is 11.0. The Bertz CT molecular complexity index is 706. The monoisotopic (exact) mass is 306 g/mol. The van der Waals surface area contributed by atoms with E-state index < -0.39 is 10.8 Å². The molecule has 0 atom stereocenters. The highest BCUT2D eigenvalue weighted by molar-refractivity contribution is 6.32. The lowest BCUT2D eigenvalue weighted by Crippen LogP contribution is -2.24. The van der Waals surface area contributed by atoms with Crippen molar-refractivity contribution in [2.75, 3.05) is 0 Å². The van der Waals surface area contributed by atoms with E-state index in [0.717, 1.165) is 18.0 Å². The quantitative estimate of drug-likeness (QED) is 0.531. The first kappa shape index (κ1) is 14.9. The van der Waals surface area contributed by atoms with Crippen molar-refractivity contribution >= 4 is 23.2 Å². The number of nitrogens with zero attached hydrogens (tertiary/aromatic N) is 3. The van der Waals surface area contributed by atoms with Crippen LogP contribution in [0.2, 0.25) is 5.15 Å². The number of aryl methyl sites for hydroxylation is 1. The largest absolute Gasteiger partial charge is 0.346 e. The van der Waals surface area contributed by atoms with Crippen LogP contribution < -0.4 is 5.32 Å². The van der Waals surface area contributed by atoms with Crippen molar-refractivity contribution in [3.63, 3.8) is 0 Å². The second-order valence-corrected chi connectivity index (χ2v) is 4.60. The number of halogens is 1. The Morgan fingerprint density at radius 2 is 2.24 bits per heavy atom. The van der Waals surface area contributed by atoms with Gasteiger partial charge in [-0.2, -0.15) is 0 Å². The van der Waals surface area contributed by atoms with Crippen LogP contribution >= 0.6 is 11.6 Å². The summed E-state index contributed by atoms with van der Waals surface area (Å²) in [4.78, 5) is 29.9. The Morgan fingerprint density at radius 1 is 1.48 bits per heavy atom. The molecule has 7 nitrogen and oxygen atoms in total. The number of carbonyl (C=O) groups excluding carboxylic acids is 1. The van der Waals surface area contributed by atoms with Crippen molar-refractivity contribution in [2.24, 2.45) is 0 Å². The Labute approximate surface area is 125 Å². The van der Waals surface area contributed by atoms with Gasteiger partial charge >= 0.3 is 0 Å². The molecule has 0 saturated carbocycles. The zero-order chi connectivity index (χ0) is 15.4. The molecule has 0 radical (unpaired) electrons. The number of pyridine rings is 2. The number of nitrogens with one attached hydrogen (secondary N) is 1. The molecule has 1 N–H and O–H groups in total. The molecule has 8 heteroatoms. The number of hydrogen-bond donors (Lipinski definition) is 1. The summed E-state index contributed by atoms with van der Waals surface area (Å²) in [6.45, 7) is 2.03. The van der Waals surface area contributed by atoms with E-state index >= 15 is 0 Å². The van der Waals surface area contributed by atoms with Crippen molar-refractivity contribution < 1.29 is 9.72 Å². The fraction of sp³-hybridized carbons (Fsp3) is 0.154. The Balaban J connectivity index is 2.13. The van der Waals surface area contributed by atoms with Crippen molar-refractivity contribution in [2.45, 2.75) is 13.5 Å². The first-order chi connectivity index (χ1) is 9.97. The first-order valence-corrected chi connectivity index (χ1v) is 6.36. The van der Waals surface area contributed by atoms with Gasteiger partial charge in [0.25, 0.3) is 11.6 Å². The van der Waals surface area contributed by atoms with Gasteiger partial charge in [-0.3, -0.25) is 19.9 Å². The fourth-order valence-corrected chi connectivity index (χ4v) is 1.85. The summed E-state index contributed by atoms with van der Waals surface area (Å²) < 4.78 is 0. The molecule has 1 amide bonds. The molecule has 0 aromatic carbocycles. The third-order valence-corrected chi connectivity index (χ3v) is 2.96.